The highest BCUT2D eigenvalue weighted by Gasteiger charge is 2.38. The Balaban J connectivity index is 1.16. The van der Waals surface area contributed by atoms with Crippen LogP contribution in [0.2, 0.25) is 0 Å². The molecule has 2 aliphatic rings. The SMILES string of the molecule is C=C(C(=O)OCCOC1CCC(C2CCC(C(=O)Oc3ccc4c(C=O)c(O)ccc4c3)CC2)CC1)C(F)(F)F. The Labute approximate surface area is 230 Å². The Hall–Kier alpha value is -3.40. The van der Waals surface area contributed by atoms with E-state index in [9.17, 15) is 32.7 Å². The van der Waals surface area contributed by atoms with Gasteiger partial charge >= 0.3 is 18.1 Å². The minimum absolute atomic E-state index is 0.0133. The van der Waals surface area contributed by atoms with Crippen LogP contribution in [0.5, 0.6) is 11.5 Å². The first-order valence-electron chi connectivity index (χ1n) is 13.5. The fraction of sp³-hybridized carbons (Fsp3) is 0.500. The highest BCUT2D eigenvalue weighted by atomic mass is 19.4. The molecule has 40 heavy (non-hydrogen) atoms. The molecule has 4 rings (SSSR count). The lowest BCUT2D eigenvalue weighted by atomic mass is 9.70. The summed E-state index contributed by atoms with van der Waals surface area (Å²) in [5, 5.41) is 11.1. The number of carbonyl (C=O) groups is 3. The van der Waals surface area contributed by atoms with E-state index in [0.29, 0.717) is 34.6 Å². The summed E-state index contributed by atoms with van der Waals surface area (Å²) >= 11 is 0. The molecule has 10 heteroatoms. The molecule has 0 saturated heterocycles. The van der Waals surface area contributed by atoms with Crippen LogP contribution in [0.25, 0.3) is 10.8 Å². The van der Waals surface area contributed by atoms with Crippen LogP contribution in [0.15, 0.2) is 42.5 Å². The highest BCUT2D eigenvalue weighted by molar-refractivity contribution is 6.01. The number of aldehydes is 1. The molecule has 2 saturated carbocycles. The summed E-state index contributed by atoms with van der Waals surface area (Å²) in [5.41, 5.74) is -1.33. The number of ether oxygens (including phenoxy) is 3. The van der Waals surface area contributed by atoms with E-state index < -0.39 is 17.7 Å². The maximum absolute atomic E-state index is 12.8. The van der Waals surface area contributed by atoms with E-state index in [2.05, 4.69) is 11.3 Å². The quantitative estimate of drug-likeness (QED) is 0.126. The van der Waals surface area contributed by atoms with Gasteiger partial charge < -0.3 is 19.3 Å². The van der Waals surface area contributed by atoms with Gasteiger partial charge in [0.15, 0.2) is 6.29 Å². The lowest BCUT2D eigenvalue weighted by Gasteiger charge is -2.37. The molecule has 0 amide bonds. The number of phenols is 1. The van der Waals surface area contributed by atoms with Gasteiger partial charge in [-0.2, -0.15) is 13.2 Å². The smallest absolute Gasteiger partial charge is 0.422 e. The molecule has 2 aliphatic carbocycles. The van der Waals surface area contributed by atoms with Crippen molar-refractivity contribution in [3.05, 3.63) is 48.0 Å². The number of alkyl halides is 3. The van der Waals surface area contributed by atoms with Crippen molar-refractivity contribution in [3.63, 3.8) is 0 Å². The van der Waals surface area contributed by atoms with Crippen molar-refractivity contribution in [2.24, 2.45) is 17.8 Å². The van der Waals surface area contributed by atoms with Crippen LogP contribution in [0.1, 0.15) is 61.7 Å². The Morgan fingerprint density at radius 2 is 1.60 bits per heavy atom. The van der Waals surface area contributed by atoms with Crippen LogP contribution >= 0.6 is 0 Å². The lowest BCUT2D eigenvalue weighted by Crippen LogP contribution is -2.31. The van der Waals surface area contributed by atoms with Gasteiger partial charge in [0.1, 0.15) is 23.7 Å². The van der Waals surface area contributed by atoms with Gasteiger partial charge in [0, 0.05) is 0 Å². The lowest BCUT2D eigenvalue weighted by molar-refractivity contribution is -0.152. The van der Waals surface area contributed by atoms with Crippen molar-refractivity contribution in [3.8, 4) is 11.5 Å². The van der Waals surface area contributed by atoms with Crippen molar-refractivity contribution in [1.82, 2.24) is 0 Å². The van der Waals surface area contributed by atoms with E-state index in [0.717, 1.165) is 51.4 Å². The zero-order valence-electron chi connectivity index (χ0n) is 22.1. The first-order chi connectivity index (χ1) is 19.1. The zero-order chi connectivity index (χ0) is 28.9. The number of halogens is 3. The molecule has 0 radical (unpaired) electrons. The van der Waals surface area contributed by atoms with Gasteiger partial charge in [0.05, 0.1) is 24.2 Å². The Kier molecular flexibility index (Phi) is 9.50. The molecule has 0 aromatic heterocycles. The van der Waals surface area contributed by atoms with Crippen LogP contribution in [0.4, 0.5) is 13.2 Å². The second-order valence-corrected chi connectivity index (χ2v) is 10.6. The second-order valence-electron chi connectivity index (χ2n) is 10.6. The maximum atomic E-state index is 12.8. The van der Waals surface area contributed by atoms with Gasteiger partial charge in [-0.05, 0) is 98.2 Å². The van der Waals surface area contributed by atoms with Crippen molar-refractivity contribution in [2.45, 2.75) is 63.6 Å². The largest absolute Gasteiger partial charge is 0.507 e. The third kappa shape index (κ3) is 7.21. The highest BCUT2D eigenvalue weighted by Crippen LogP contribution is 2.41. The Bertz CT molecular complexity index is 1240. The number of esters is 2. The molecular weight excluding hydrogens is 529 g/mol. The van der Waals surface area contributed by atoms with E-state index in [1.807, 2.05) is 0 Å². The summed E-state index contributed by atoms with van der Waals surface area (Å²) in [7, 11) is 0. The fourth-order valence-electron chi connectivity index (χ4n) is 5.81. The molecule has 0 heterocycles. The summed E-state index contributed by atoms with van der Waals surface area (Å²) < 4.78 is 53.3. The van der Waals surface area contributed by atoms with Crippen LogP contribution in [-0.4, -0.2) is 48.8 Å². The molecule has 0 spiro atoms. The number of hydrogen-bond acceptors (Lipinski definition) is 7. The molecule has 0 aliphatic heterocycles. The van der Waals surface area contributed by atoms with E-state index in [1.165, 1.54) is 6.07 Å². The average molecular weight is 563 g/mol. The zero-order valence-corrected chi connectivity index (χ0v) is 22.1. The van der Waals surface area contributed by atoms with Crippen LogP contribution in [0.3, 0.4) is 0 Å². The van der Waals surface area contributed by atoms with Crippen molar-refractivity contribution < 1.29 is 46.9 Å². The summed E-state index contributed by atoms with van der Waals surface area (Å²) in [4.78, 5) is 35.5. The monoisotopic (exact) mass is 562 g/mol. The number of hydrogen-bond donors (Lipinski definition) is 1. The van der Waals surface area contributed by atoms with Gasteiger partial charge in [0.25, 0.3) is 0 Å². The third-order valence-corrected chi connectivity index (χ3v) is 8.10. The predicted octanol–water partition coefficient (Wildman–Crippen LogP) is 6.31. The number of rotatable bonds is 9. The number of fused-ring (bicyclic) bond motifs is 1. The van der Waals surface area contributed by atoms with Crippen LogP contribution < -0.4 is 4.74 Å². The first kappa shape index (κ1) is 29.6. The first-order valence-corrected chi connectivity index (χ1v) is 13.5. The minimum Gasteiger partial charge on any atom is -0.507 e. The van der Waals surface area contributed by atoms with Gasteiger partial charge in [-0.1, -0.05) is 12.6 Å². The van der Waals surface area contributed by atoms with Crippen LogP contribution in [0, 0.1) is 17.8 Å². The maximum Gasteiger partial charge on any atom is 0.422 e. The van der Waals surface area contributed by atoms with Gasteiger partial charge in [-0.15, -0.1) is 0 Å². The molecular formula is C30H33F3O7. The topological polar surface area (TPSA) is 99.1 Å². The standard InChI is InChI=1S/C30H33F3O7/c1-18(30(31,32)33)28(36)39-15-14-38-23-9-6-20(7-10-23)19-2-4-21(5-3-19)29(37)40-24-11-12-25-22(16-24)8-13-27(35)26(25)17-34/h8,11-13,16-17,19-21,23,35H,1-7,9-10,14-15H2. The molecule has 216 valence electrons. The number of aromatic hydroxyl groups is 1. The van der Waals surface area contributed by atoms with Crippen molar-refractivity contribution >= 4 is 29.0 Å². The van der Waals surface area contributed by atoms with Gasteiger partial charge in [-0.25, -0.2) is 4.79 Å². The van der Waals surface area contributed by atoms with E-state index in [-0.39, 0.29) is 42.5 Å². The average Bonchev–Trinajstić information content (AvgIpc) is 2.94. The number of phenolic OH excluding ortho intramolecular Hbond substituents is 1. The van der Waals surface area contributed by atoms with Gasteiger partial charge in [-0.3, -0.25) is 9.59 Å². The van der Waals surface area contributed by atoms with Crippen molar-refractivity contribution in [1.29, 1.82) is 0 Å². The van der Waals surface area contributed by atoms with E-state index in [1.54, 1.807) is 24.3 Å². The molecule has 0 unspecified atom stereocenters. The molecule has 7 nitrogen and oxygen atoms in total. The third-order valence-electron chi connectivity index (χ3n) is 8.10. The molecule has 0 atom stereocenters. The van der Waals surface area contributed by atoms with Gasteiger partial charge in [0.2, 0.25) is 0 Å². The summed E-state index contributed by atoms with van der Waals surface area (Å²) in [5.74, 6) is -0.547. The molecule has 1 N–H and O–H groups in total. The Morgan fingerprint density at radius 1 is 0.950 bits per heavy atom. The number of carbonyl (C=O) groups excluding carboxylic acids is 3. The molecule has 0 bridgehead atoms. The van der Waals surface area contributed by atoms with Crippen LogP contribution in [-0.2, 0) is 19.1 Å². The van der Waals surface area contributed by atoms with E-state index in [4.69, 9.17) is 9.47 Å². The number of benzene rings is 2. The van der Waals surface area contributed by atoms with E-state index >= 15 is 0 Å². The normalized spacial score (nSPS) is 23.4. The molecule has 2 aromatic carbocycles. The fourth-order valence-corrected chi connectivity index (χ4v) is 5.81. The van der Waals surface area contributed by atoms with Crippen molar-refractivity contribution in [2.75, 3.05) is 13.2 Å². The summed E-state index contributed by atoms with van der Waals surface area (Å²) in [6.07, 6.45) is 2.80. The summed E-state index contributed by atoms with van der Waals surface area (Å²) in [6, 6.07) is 8.09. The Morgan fingerprint density at radius 3 is 2.23 bits per heavy atom. The summed E-state index contributed by atoms with van der Waals surface area (Å²) in [6.45, 7) is 2.50. The predicted molar refractivity (Wildman–Crippen MR) is 140 cm³/mol. The molecule has 2 fully saturated rings. The second kappa shape index (κ2) is 12.8. The minimum atomic E-state index is -4.80. The molecule has 2 aromatic rings.